The SMILES string of the molecule is CCOC(=O)[C@H]1C(=O)Nc2c(c(=O)n(C)c(=O)n2C)[C@H]1c1ccccc1. The molecule has 3 rings (SSSR count). The van der Waals surface area contributed by atoms with Crippen molar-refractivity contribution in [2.24, 2.45) is 20.0 Å². The molecule has 1 aliphatic heterocycles. The molecule has 1 aliphatic rings. The fraction of sp³-hybridized carbons (Fsp3) is 0.333. The second kappa shape index (κ2) is 6.62. The quantitative estimate of drug-likeness (QED) is 0.631. The van der Waals surface area contributed by atoms with E-state index in [9.17, 15) is 19.2 Å². The largest absolute Gasteiger partial charge is 0.465 e. The number of ether oxygens (including phenoxy) is 1. The van der Waals surface area contributed by atoms with Gasteiger partial charge in [-0.1, -0.05) is 30.3 Å². The molecule has 2 atom stereocenters. The van der Waals surface area contributed by atoms with E-state index in [4.69, 9.17) is 4.74 Å². The molecule has 0 aliphatic carbocycles. The van der Waals surface area contributed by atoms with Crippen LogP contribution in [0.2, 0.25) is 0 Å². The van der Waals surface area contributed by atoms with E-state index in [1.165, 1.54) is 18.7 Å². The van der Waals surface area contributed by atoms with Gasteiger partial charge in [0.05, 0.1) is 12.2 Å². The average molecular weight is 357 g/mol. The van der Waals surface area contributed by atoms with Crippen molar-refractivity contribution >= 4 is 17.7 Å². The minimum Gasteiger partial charge on any atom is -0.465 e. The Morgan fingerprint density at radius 2 is 1.77 bits per heavy atom. The first-order valence-corrected chi connectivity index (χ1v) is 8.20. The lowest BCUT2D eigenvalue weighted by atomic mass is 9.78. The predicted octanol–water partition coefficient (Wildman–Crippen LogP) is 0.347. The van der Waals surface area contributed by atoms with E-state index in [-0.39, 0.29) is 18.0 Å². The van der Waals surface area contributed by atoms with Crippen molar-refractivity contribution in [1.82, 2.24) is 9.13 Å². The maximum atomic E-state index is 12.8. The minimum atomic E-state index is -1.21. The van der Waals surface area contributed by atoms with Crippen molar-refractivity contribution in [2.45, 2.75) is 12.8 Å². The first-order valence-electron chi connectivity index (χ1n) is 8.20. The van der Waals surface area contributed by atoms with Crippen molar-refractivity contribution in [3.8, 4) is 0 Å². The normalized spacial score (nSPS) is 18.8. The van der Waals surface area contributed by atoms with Gasteiger partial charge in [-0.3, -0.25) is 23.5 Å². The van der Waals surface area contributed by atoms with Crippen LogP contribution >= 0.6 is 0 Å². The molecule has 0 fully saturated rings. The molecule has 1 aromatic carbocycles. The first-order chi connectivity index (χ1) is 12.4. The highest BCUT2D eigenvalue weighted by Gasteiger charge is 2.45. The fourth-order valence-corrected chi connectivity index (χ4v) is 3.31. The minimum absolute atomic E-state index is 0.109. The Labute approximate surface area is 149 Å². The lowest BCUT2D eigenvalue weighted by Crippen LogP contribution is -2.49. The number of aromatic nitrogens is 2. The predicted molar refractivity (Wildman–Crippen MR) is 94.0 cm³/mol. The highest BCUT2D eigenvalue weighted by molar-refractivity contribution is 6.08. The smallest absolute Gasteiger partial charge is 0.332 e. The van der Waals surface area contributed by atoms with Crippen LogP contribution in [0, 0.1) is 5.92 Å². The van der Waals surface area contributed by atoms with Crippen LogP contribution < -0.4 is 16.6 Å². The zero-order valence-electron chi connectivity index (χ0n) is 14.7. The Balaban J connectivity index is 2.34. The maximum Gasteiger partial charge on any atom is 0.332 e. The summed E-state index contributed by atoms with van der Waals surface area (Å²) in [4.78, 5) is 50.2. The highest BCUT2D eigenvalue weighted by Crippen LogP contribution is 2.38. The van der Waals surface area contributed by atoms with Crippen LogP contribution in [0.15, 0.2) is 39.9 Å². The summed E-state index contributed by atoms with van der Waals surface area (Å²) in [6.45, 7) is 1.76. The number of benzene rings is 1. The van der Waals surface area contributed by atoms with E-state index in [1.807, 2.05) is 0 Å². The number of amides is 1. The lowest BCUT2D eigenvalue weighted by Gasteiger charge is -2.32. The molecule has 2 aromatic rings. The molecule has 1 amide bonds. The molecule has 8 nitrogen and oxygen atoms in total. The van der Waals surface area contributed by atoms with E-state index in [0.717, 1.165) is 4.57 Å². The average Bonchev–Trinajstić information content (AvgIpc) is 2.64. The Kier molecular flexibility index (Phi) is 4.50. The van der Waals surface area contributed by atoms with Gasteiger partial charge in [-0.15, -0.1) is 0 Å². The van der Waals surface area contributed by atoms with Crippen LogP contribution in [0.25, 0.3) is 0 Å². The number of hydrogen-bond acceptors (Lipinski definition) is 5. The van der Waals surface area contributed by atoms with Crippen LogP contribution in [0.5, 0.6) is 0 Å². The molecule has 0 bridgehead atoms. The van der Waals surface area contributed by atoms with Gasteiger partial charge >= 0.3 is 11.7 Å². The first kappa shape index (κ1) is 17.7. The molecule has 0 saturated carbocycles. The van der Waals surface area contributed by atoms with E-state index in [1.54, 1.807) is 37.3 Å². The summed E-state index contributed by atoms with van der Waals surface area (Å²) in [7, 11) is 2.83. The summed E-state index contributed by atoms with van der Waals surface area (Å²) < 4.78 is 7.23. The molecule has 0 radical (unpaired) electrons. The van der Waals surface area contributed by atoms with Crippen molar-refractivity contribution in [1.29, 1.82) is 0 Å². The third-order valence-electron chi connectivity index (χ3n) is 4.57. The Bertz CT molecular complexity index is 990. The van der Waals surface area contributed by atoms with Gasteiger partial charge in [0.25, 0.3) is 5.56 Å². The Morgan fingerprint density at radius 1 is 1.12 bits per heavy atom. The topological polar surface area (TPSA) is 99.4 Å². The maximum absolute atomic E-state index is 12.8. The molecular weight excluding hydrogens is 338 g/mol. The summed E-state index contributed by atoms with van der Waals surface area (Å²) in [6.07, 6.45) is 0. The number of esters is 1. The van der Waals surface area contributed by atoms with Crippen LogP contribution in [-0.2, 0) is 28.4 Å². The standard InChI is InChI=1S/C18H19N3O5/c1-4-26-17(24)13-11(10-8-6-5-7-9-10)12-14(19-15(13)22)20(2)18(25)21(3)16(12)23/h5-9,11,13H,4H2,1-3H3,(H,19,22)/t11-,13-/m1/s1. The van der Waals surface area contributed by atoms with Crippen LogP contribution in [0.1, 0.15) is 24.0 Å². The summed E-state index contributed by atoms with van der Waals surface area (Å²) in [5.41, 5.74) is -0.294. The third kappa shape index (κ3) is 2.63. The van der Waals surface area contributed by atoms with E-state index in [2.05, 4.69) is 5.32 Å². The summed E-state index contributed by atoms with van der Waals surface area (Å²) in [5.74, 6) is -3.26. The summed E-state index contributed by atoms with van der Waals surface area (Å²) >= 11 is 0. The number of fused-ring (bicyclic) bond motifs is 1. The molecule has 0 unspecified atom stereocenters. The van der Waals surface area contributed by atoms with Gasteiger partial charge in [0, 0.05) is 20.0 Å². The Hall–Kier alpha value is -3.16. The van der Waals surface area contributed by atoms with Crippen LogP contribution in [0.3, 0.4) is 0 Å². The molecule has 2 heterocycles. The highest BCUT2D eigenvalue weighted by atomic mass is 16.5. The van der Waals surface area contributed by atoms with Gasteiger partial charge in [0.2, 0.25) is 5.91 Å². The van der Waals surface area contributed by atoms with Gasteiger partial charge in [-0.05, 0) is 12.5 Å². The van der Waals surface area contributed by atoms with Crippen LogP contribution in [0.4, 0.5) is 5.82 Å². The number of carbonyl (C=O) groups is 2. The molecule has 1 aromatic heterocycles. The summed E-state index contributed by atoms with van der Waals surface area (Å²) in [5, 5.41) is 2.54. The molecule has 0 spiro atoms. The molecule has 8 heteroatoms. The number of rotatable bonds is 3. The summed E-state index contributed by atoms with van der Waals surface area (Å²) in [6, 6.07) is 8.80. The van der Waals surface area contributed by atoms with Crippen molar-refractivity contribution in [3.63, 3.8) is 0 Å². The number of nitrogens with one attached hydrogen (secondary N) is 1. The number of nitrogens with zero attached hydrogens (tertiary/aromatic N) is 2. The molecule has 136 valence electrons. The van der Waals surface area contributed by atoms with E-state index >= 15 is 0 Å². The zero-order valence-corrected chi connectivity index (χ0v) is 14.7. The molecule has 1 N–H and O–H groups in total. The molecular formula is C18H19N3O5. The van der Waals surface area contributed by atoms with Crippen molar-refractivity contribution in [2.75, 3.05) is 11.9 Å². The zero-order chi connectivity index (χ0) is 19.0. The van der Waals surface area contributed by atoms with E-state index in [0.29, 0.717) is 5.56 Å². The van der Waals surface area contributed by atoms with Gasteiger partial charge in [0.15, 0.2) is 0 Å². The van der Waals surface area contributed by atoms with Crippen LogP contribution in [-0.4, -0.2) is 27.6 Å². The van der Waals surface area contributed by atoms with Gasteiger partial charge < -0.3 is 10.1 Å². The third-order valence-corrected chi connectivity index (χ3v) is 4.57. The second-order valence-corrected chi connectivity index (χ2v) is 6.08. The molecule has 26 heavy (non-hydrogen) atoms. The monoisotopic (exact) mass is 357 g/mol. The van der Waals surface area contributed by atoms with E-state index < -0.39 is 35.0 Å². The van der Waals surface area contributed by atoms with Gasteiger partial charge in [-0.2, -0.15) is 0 Å². The van der Waals surface area contributed by atoms with Gasteiger partial charge in [-0.25, -0.2) is 4.79 Å². The van der Waals surface area contributed by atoms with Crippen molar-refractivity contribution in [3.05, 3.63) is 62.3 Å². The Morgan fingerprint density at radius 3 is 2.38 bits per heavy atom. The number of carbonyl (C=O) groups excluding carboxylic acids is 2. The number of hydrogen-bond donors (Lipinski definition) is 1. The lowest BCUT2D eigenvalue weighted by molar-refractivity contribution is -0.151. The number of anilines is 1. The molecule has 0 saturated heterocycles. The van der Waals surface area contributed by atoms with Gasteiger partial charge in [0.1, 0.15) is 11.7 Å². The van der Waals surface area contributed by atoms with Crippen molar-refractivity contribution < 1.29 is 14.3 Å². The fourth-order valence-electron chi connectivity index (χ4n) is 3.31. The second-order valence-electron chi connectivity index (χ2n) is 6.08.